The van der Waals surface area contributed by atoms with Crippen LogP contribution >= 0.6 is 0 Å². The zero-order valence-electron chi connectivity index (χ0n) is 38.4. The molecule has 0 heterocycles. The Kier molecular flexibility index (Phi) is 45.3. The van der Waals surface area contributed by atoms with Crippen LogP contribution in [0.5, 0.6) is 0 Å². The normalized spacial score (nSPS) is 12.0. The minimum atomic E-state index is -0.761. The van der Waals surface area contributed by atoms with E-state index in [4.69, 9.17) is 14.2 Å². The van der Waals surface area contributed by atoms with E-state index in [1.807, 2.05) is 0 Å². The largest absolute Gasteiger partial charge is 0.462 e. The molecule has 336 valence electrons. The van der Waals surface area contributed by atoms with Crippen LogP contribution in [0, 0.1) is 0 Å². The first-order chi connectivity index (χ1) is 28.0. The fraction of sp³-hybridized carbons (Fsp3) is 0.902. The highest BCUT2D eigenvalue weighted by molar-refractivity contribution is 5.71. The molecular weight excluding hydrogens is 709 g/mol. The summed E-state index contributed by atoms with van der Waals surface area (Å²) in [7, 11) is 0. The third-order valence-corrected chi connectivity index (χ3v) is 11.3. The van der Waals surface area contributed by atoms with E-state index in [9.17, 15) is 14.4 Å². The molecule has 0 aliphatic carbocycles. The molecule has 1 unspecified atom stereocenters. The number of hydrogen-bond donors (Lipinski definition) is 0. The molecule has 0 radical (unpaired) electrons. The van der Waals surface area contributed by atoms with E-state index < -0.39 is 6.10 Å². The molecule has 6 nitrogen and oxygen atoms in total. The summed E-state index contributed by atoms with van der Waals surface area (Å²) in [5.41, 5.74) is 0. The Hall–Kier alpha value is -1.85. The molecule has 0 rings (SSSR count). The van der Waals surface area contributed by atoms with Crippen LogP contribution in [0.1, 0.15) is 278 Å². The van der Waals surface area contributed by atoms with Crippen molar-refractivity contribution in [1.82, 2.24) is 0 Å². The first-order valence-electron chi connectivity index (χ1n) is 25.2. The van der Waals surface area contributed by atoms with E-state index in [0.717, 1.165) is 57.8 Å². The molecule has 0 bridgehead atoms. The van der Waals surface area contributed by atoms with Gasteiger partial charge in [0, 0.05) is 19.3 Å². The lowest BCUT2D eigenvalue weighted by Crippen LogP contribution is -2.30. The molecule has 0 aromatic heterocycles. The molecule has 1 atom stereocenters. The van der Waals surface area contributed by atoms with Gasteiger partial charge in [0.05, 0.1) is 0 Å². The lowest BCUT2D eigenvalue weighted by molar-refractivity contribution is -0.167. The van der Waals surface area contributed by atoms with Crippen molar-refractivity contribution >= 4 is 17.9 Å². The number of hydrogen-bond acceptors (Lipinski definition) is 6. The fourth-order valence-corrected chi connectivity index (χ4v) is 7.44. The number of ether oxygens (including phenoxy) is 3. The van der Waals surface area contributed by atoms with Crippen LogP contribution in [0.3, 0.4) is 0 Å². The van der Waals surface area contributed by atoms with Gasteiger partial charge in [-0.15, -0.1) is 0 Å². The van der Waals surface area contributed by atoms with E-state index in [1.165, 1.54) is 180 Å². The third kappa shape index (κ3) is 45.1. The predicted octanol–water partition coefficient (Wildman–Crippen LogP) is 16.2. The van der Waals surface area contributed by atoms with Gasteiger partial charge in [0.15, 0.2) is 6.10 Å². The molecule has 57 heavy (non-hydrogen) atoms. The van der Waals surface area contributed by atoms with Gasteiger partial charge in [0.2, 0.25) is 0 Å². The van der Waals surface area contributed by atoms with Crippen LogP contribution in [0.15, 0.2) is 12.2 Å². The maximum atomic E-state index is 12.7. The smallest absolute Gasteiger partial charge is 0.306 e. The van der Waals surface area contributed by atoms with E-state index in [-0.39, 0.29) is 31.1 Å². The van der Waals surface area contributed by atoms with Crippen molar-refractivity contribution in [2.24, 2.45) is 0 Å². The first kappa shape index (κ1) is 55.2. The van der Waals surface area contributed by atoms with Crippen molar-refractivity contribution in [2.75, 3.05) is 13.2 Å². The number of allylic oxidation sites excluding steroid dienone is 2. The molecule has 0 amide bonds. The van der Waals surface area contributed by atoms with Crippen molar-refractivity contribution in [1.29, 1.82) is 0 Å². The summed E-state index contributed by atoms with van der Waals surface area (Å²) in [6, 6.07) is 0. The predicted molar refractivity (Wildman–Crippen MR) is 243 cm³/mol. The molecule has 0 N–H and O–H groups in total. The van der Waals surface area contributed by atoms with E-state index in [0.29, 0.717) is 19.3 Å². The highest BCUT2D eigenvalue weighted by Gasteiger charge is 2.19. The fourth-order valence-electron chi connectivity index (χ4n) is 7.44. The van der Waals surface area contributed by atoms with Crippen LogP contribution in [0.25, 0.3) is 0 Å². The van der Waals surface area contributed by atoms with Crippen molar-refractivity contribution in [2.45, 2.75) is 284 Å². The Morgan fingerprint density at radius 1 is 0.333 bits per heavy atom. The van der Waals surface area contributed by atoms with Gasteiger partial charge in [-0.2, -0.15) is 0 Å². The molecule has 6 heteroatoms. The SMILES string of the molecule is CCCCCCCCCC/C=C\CCCCCCCCCCCC(=O)OCC(COC(=O)CCCCCCCCCCC)OC(=O)CCCCCCCCCCC. The van der Waals surface area contributed by atoms with Crippen LogP contribution in [-0.4, -0.2) is 37.2 Å². The van der Waals surface area contributed by atoms with E-state index >= 15 is 0 Å². The second kappa shape index (κ2) is 46.8. The number of unbranched alkanes of at least 4 members (excludes halogenated alkanes) is 33. The quantitative estimate of drug-likeness (QED) is 0.0264. The minimum absolute atomic E-state index is 0.0664. The number of esters is 3. The molecule has 0 fully saturated rings. The molecular formula is C51H96O6. The molecule has 0 saturated heterocycles. The monoisotopic (exact) mass is 805 g/mol. The van der Waals surface area contributed by atoms with Gasteiger partial charge < -0.3 is 14.2 Å². The molecule has 0 aliphatic heterocycles. The second-order valence-electron chi connectivity index (χ2n) is 17.1. The first-order valence-corrected chi connectivity index (χ1v) is 25.2. The summed E-state index contributed by atoms with van der Waals surface area (Å²) in [4.78, 5) is 37.7. The average Bonchev–Trinajstić information content (AvgIpc) is 3.21. The summed E-state index contributed by atoms with van der Waals surface area (Å²) in [6.07, 6.45) is 50.7. The number of rotatable bonds is 46. The van der Waals surface area contributed by atoms with Crippen molar-refractivity contribution in [3.63, 3.8) is 0 Å². The van der Waals surface area contributed by atoms with Crippen LogP contribution in [0.2, 0.25) is 0 Å². The maximum absolute atomic E-state index is 12.7. The van der Waals surface area contributed by atoms with E-state index in [2.05, 4.69) is 32.9 Å². The average molecular weight is 805 g/mol. The van der Waals surface area contributed by atoms with Gasteiger partial charge in [0.25, 0.3) is 0 Å². The molecule has 0 aliphatic rings. The molecule has 0 saturated carbocycles. The summed E-state index contributed by atoms with van der Waals surface area (Å²) in [5.74, 6) is -0.862. The van der Waals surface area contributed by atoms with Crippen molar-refractivity contribution in [3.8, 4) is 0 Å². The highest BCUT2D eigenvalue weighted by Crippen LogP contribution is 2.15. The summed E-state index contributed by atoms with van der Waals surface area (Å²) >= 11 is 0. The molecule has 0 spiro atoms. The molecule has 0 aromatic rings. The second-order valence-corrected chi connectivity index (χ2v) is 17.1. The van der Waals surface area contributed by atoms with Gasteiger partial charge in [-0.1, -0.05) is 226 Å². The van der Waals surface area contributed by atoms with Crippen molar-refractivity contribution in [3.05, 3.63) is 12.2 Å². The van der Waals surface area contributed by atoms with Gasteiger partial charge in [-0.3, -0.25) is 14.4 Å². The Morgan fingerprint density at radius 2 is 0.579 bits per heavy atom. The summed E-state index contributed by atoms with van der Waals surface area (Å²) in [6.45, 7) is 6.62. The zero-order valence-corrected chi connectivity index (χ0v) is 38.4. The Labute approximate surface area is 354 Å². The van der Waals surface area contributed by atoms with E-state index in [1.54, 1.807) is 0 Å². The van der Waals surface area contributed by atoms with Crippen LogP contribution < -0.4 is 0 Å². The van der Waals surface area contributed by atoms with Crippen molar-refractivity contribution < 1.29 is 28.6 Å². The minimum Gasteiger partial charge on any atom is -0.462 e. The molecule has 0 aromatic carbocycles. The maximum Gasteiger partial charge on any atom is 0.306 e. The van der Waals surface area contributed by atoms with Gasteiger partial charge in [0.1, 0.15) is 13.2 Å². The number of carbonyl (C=O) groups is 3. The van der Waals surface area contributed by atoms with Gasteiger partial charge >= 0.3 is 17.9 Å². The zero-order chi connectivity index (χ0) is 41.5. The highest BCUT2D eigenvalue weighted by atomic mass is 16.6. The van der Waals surface area contributed by atoms with Gasteiger partial charge in [-0.05, 0) is 44.9 Å². The van der Waals surface area contributed by atoms with Crippen LogP contribution in [-0.2, 0) is 28.6 Å². The van der Waals surface area contributed by atoms with Crippen LogP contribution in [0.4, 0.5) is 0 Å². The lowest BCUT2D eigenvalue weighted by atomic mass is 10.1. The Bertz CT molecular complexity index is 885. The Balaban J connectivity index is 4.15. The van der Waals surface area contributed by atoms with Gasteiger partial charge in [-0.25, -0.2) is 0 Å². The lowest BCUT2D eigenvalue weighted by Gasteiger charge is -2.18. The summed E-state index contributed by atoms with van der Waals surface area (Å²) in [5, 5.41) is 0. The standard InChI is InChI=1S/C51H96O6/c1-4-7-10-13-16-19-20-21-22-23-24-25-26-27-28-29-30-33-35-38-41-44-50(53)56-47-48(57-51(54)45-42-39-36-32-18-15-12-9-6-3)46-55-49(52)43-40-37-34-31-17-14-11-8-5-2/h23-24,48H,4-22,25-47H2,1-3H3/b24-23-. The third-order valence-electron chi connectivity index (χ3n) is 11.3. The summed E-state index contributed by atoms with van der Waals surface area (Å²) < 4.78 is 16.7. The topological polar surface area (TPSA) is 78.9 Å². The Morgan fingerprint density at radius 3 is 0.877 bits per heavy atom. The number of carbonyl (C=O) groups excluding carboxylic acids is 3.